The number of nitrogens with one attached hydrogen (secondary N) is 2. The minimum absolute atomic E-state index is 0.0772. The molecule has 2 aliphatic heterocycles. The van der Waals surface area contributed by atoms with Gasteiger partial charge in [0.2, 0.25) is 17.7 Å². The summed E-state index contributed by atoms with van der Waals surface area (Å²) in [4.78, 5) is 61.3. The SMILES string of the molecule is O=C(CCCCCCC(=O)NO)Cc1cccc2c1CN(C1CCC(=O)NC1=O)C2=O. The second-order valence-electron chi connectivity index (χ2n) is 8.01. The largest absolute Gasteiger partial charge is 0.322 e. The van der Waals surface area contributed by atoms with Crippen LogP contribution in [0.25, 0.3) is 0 Å². The summed E-state index contributed by atoms with van der Waals surface area (Å²) in [6, 6.07) is 4.62. The standard InChI is InChI=1S/C22H27N3O6/c26-15(7-3-1-2-4-9-20(28)24-31)12-14-6-5-8-16-17(14)13-25(22(16)30)18-10-11-19(27)23-21(18)29/h5-6,8,18,31H,1-4,7,9-13H2,(H,24,28)(H,23,27,29). The van der Waals surface area contributed by atoms with E-state index in [0.29, 0.717) is 24.8 Å². The second-order valence-corrected chi connectivity index (χ2v) is 8.01. The number of ketones is 1. The van der Waals surface area contributed by atoms with Crippen LogP contribution in [0.1, 0.15) is 72.9 Å². The van der Waals surface area contributed by atoms with Crippen LogP contribution >= 0.6 is 0 Å². The Morgan fingerprint density at radius 3 is 2.55 bits per heavy atom. The number of carbonyl (C=O) groups excluding carboxylic acids is 5. The van der Waals surface area contributed by atoms with Crippen molar-refractivity contribution >= 4 is 29.4 Å². The Labute approximate surface area is 180 Å². The Morgan fingerprint density at radius 2 is 1.84 bits per heavy atom. The van der Waals surface area contributed by atoms with Crippen molar-refractivity contribution in [3.8, 4) is 0 Å². The lowest BCUT2D eigenvalue weighted by molar-refractivity contribution is -0.137. The van der Waals surface area contributed by atoms with Gasteiger partial charge in [0.1, 0.15) is 11.8 Å². The van der Waals surface area contributed by atoms with E-state index < -0.39 is 17.9 Å². The molecule has 31 heavy (non-hydrogen) atoms. The Bertz CT molecular complexity index is 897. The van der Waals surface area contributed by atoms with Crippen molar-refractivity contribution in [2.75, 3.05) is 0 Å². The quantitative estimate of drug-likeness (QED) is 0.223. The normalized spacial score (nSPS) is 18.0. The Morgan fingerprint density at radius 1 is 1.10 bits per heavy atom. The Balaban J connectivity index is 1.53. The van der Waals surface area contributed by atoms with Crippen LogP contribution in [-0.4, -0.2) is 45.6 Å². The summed E-state index contributed by atoms with van der Waals surface area (Å²) in [6.45, 7) is 0.261. The van der Waals surface area contributed by atoms with Gasteiger partial charge in [-0.05, 0) is 36.5 Å². The van der Waals surface area contributed by atoms with Crippen LogP contribution in [0, 0.1) is 0 Å². The van der Waals surface area contributed by atoms with Crippen LogP contribution in [-0.2, 0) is 32.1 Å². The number of unbranched alkanes of at least 4 members (excludes halogenated alkanes) is 3. The van der Waals surface area contributed by atoms with E-state index in [1.807, 2.05) is 6.07 Å². The molecule has 1 fully saturated rings. The van der Waals surface area contributed by atoms with E-state index in [0.717, 1.165) is 30.4 Å². The van der Waals surface area contributed by atoms with Gasteiger partial charge in [0, 0.05) is 37.8 Å². The van der Waals surface area contributed by atoms with Crippen LogP contribution in [0.15, 0.2) is 18.2 Å². The van der Waals surface area contributed by atoms with E-state index in [-0.39, 0.29) is 43.4 Å². The number of piperidine rings is 1. The fourth-order valence-electron chi connectivity index (χ4n) is 4.13. The number of rotatable bonds is 10. The van der Waals surface area contributed by atoms with Crippen molar-refractivity contribution in [2.24, 2.45) is 0 Å². The molecule has 0 bridgehead atoms. The molecule has 0 saturated carbocycles. The maximum Gasteiger partial charge on any atom is 0.255 e. The zero-order valence-corrected chi connectivity index (χ0v) is 17.3. The minimum Gasteiger partial charge on any atom is -0.322 e. The van der Waals surface area contributed by atoms with E-state index in [9.17, 15) is 24.0 Å². The van der Waals surface area contributed by atoms with Gasteiger partial charge < -0.3 is 4.90 Å². The fraction of sp³-hybridized carbons (Fsp3) is 0.500. The van der Waals surface area contributed by atoms with Crippen molar-refractivity contribution in [3.63, 3.8) is 0 Å². The molecule has 166 valence electrons. The van der Waals surface area contributed by atoms with Crippen LogP contribution in [0.3, 0.4) is 0 Å². The third-order valence-corrected chi connectivity index (χ3v) is 5.80. The molecule has 1 saturated heterocycles. The summed E-state index contributed by atoms with van der Waals surface area (Å²) in [5.41, 5.74) is 3.68. The molecule has 9 nitrogen and oxygen atoms in total. The van der Waals surface area contributed by atoms with Gasteiger partial charge in [-0.2, -0.15) is 0 Å². The van der Waals surface area contributed by atoms with E-state index in [4.69, 9.17) is 5.21 Å². The molecule has 2 heterocycles. The summed E-state index contributed by atoms with van der Waals surface area (Å²) in [5, 5.41) is 10.7. The lowest BCUT2D eigenvalue weighted by Gasteiger charge is -2.29. The molecule has 3 rings (SSSR count). The van der Waals surface area contributed by atoms with Gasteiger partial charge in [-0.15, -0.1) is 0 Å². The van der Waals surface area contributed by atoms with E-state index in [1.165, 1.54) is 4.90 Å². The average molecular weight is 429 g/mol. The number of benzene rings is 1. The fourth-order valence-corrected chi connectivity index (χ4v) is 4.13. The van der Waals surface area contributed by atoms with Crippen molar-refractivity contribution < 1.29 is 29.2 Å². The highest BCUT2D eigenvalue weighted by Crippen LogP contribution is 2.30. The first-order valence-corrected chi connectivity index (χ1v) is 10.6. The van der Waals surface area contributed by atoms with Gasteiger partial charge in [-0.1, -0.05) is 25.0 Å². The molecule has 0 aliphatic carbocycles. The zero-order chi connectivity index (χ0) is 22.4. The Hall–Kier alpha value is -3.07. The van der Waals surface area contributed by atoms with Gasteiger partial charge >= 0.3 is 0 Å². The topological polar surface area (TPSA) is 133 Å². The molecule has 0 aromatic heterocycles. The molecule has 1 aromatic rings. The monoisotopic (exact) mass is 429 g/mol. The van der Waals surface area contributed by atoms with Crippen LogP contribution < -0.4 is 10.8 Å². The summed E-state index contributed by atoms with van der Waals surface area (Å²) >= 11 is 0. The third-order valence-electron chi connectivity index (χ3n) is 5.80. The molecule has 2 aliphatic rings. The zero-order valence-electron chi connectivity index (χ0n) is 17.3. The van der Waals surface area contributed by atoms with Gasteiger partial charge in [-0.25, -0.2) is 5.48 Å². The van der Waals surface area contributed by atoms with Gasteiger partial charge in [0.25, 0.3) is 5.91 Å². The summed E-state index contributed by atoms with van der Waals surface area (Å²) in [6.07, 6.45) is 4.41. The predicted molar refractivity (Wildman–Crippen MR) is 109 cm³/mol. The van der Waals surface area contributed by atoms with Crippen molar-refractivity contribution in [1.82, 2.24) is 15.7 Å². The molecule has 1 atom stereocenters. The number of Topliss-reactive ketones (excluding diaryl/α,β-unsaturated/α-hetero) is 1. The first-order chi connectivity index (χ1) is 14.9. The third kappa shape index (κ3) is 5.55. The molecule has 9 heteroatoms. The highest BCUT2D eigenvalue weighted by Gasteiger charge is 2.39. The van der Waals surface area contributed by atoms with Crippen LogP contribution in [0.5, 0.6) is 0 Å². The van der Waals surface area contributed by atoms with Crippen molar-refractivity contribution in [3.05, 3.63) is 34.9 Å². The van der Waals surface area contributed by atoms with Gasteiger partial charge in [0.05, 0.1) is 0 Å². The molecule has 1 unspecified atom stereocenters. The number of amides is 4. The lowest BCUT2D eigenvalue weighted by atomic mass is 9.97. The molecular formula is C22H27N3O6. The number of hydrogen-bond donors (Lipinski definition) is 3. The smallest absolute Gasteiger partial charge is 0.255 e. The summed E-state index contributed by atoms with van der Waals surface area (Å²) in [5.74, 6) is -1.35. The number of hydrogen-bond acceptors (Lipinski definition) is 6. The lowest BCUT2D eigenvalue weighted by Crippen LogP contribution is -2.52. The number of carbonyl (C=O) groups is 5. The number of hydroxylamine groups is 1. The predicted octanol–water partition coefficient (Wildman–Crippen LogP) is 1.41. The first-order valence-electron chi connectivity index (χ1n) is 10.6. The van der Waals surface area contributed by atoms with Gasteiger partial charge in [0.15, 0.2) is 0 Å². The van der Waals surface area contributed by atoms with Gasteiger partial charge in [-0.3, -0.25) is 34.5 Å². The molecular weight excluding hydrogens is 402 g/mol. The van der Waals surface area contributed by atoms with Crippen molar-refractivity contribution in [2.45, 2.75) is 70.4 Å². The highest BCUT2D eigenvalue weighted by molar-refractivity contribution is 6.05. The summed E-state index contributed by atoms with van der Waals surface area (Å²) in [7, 11) is 0. The Kier molecular flexibility index (Phi) is 7.51. The molecule has 4 amide bonds. The van der Waals surface area contributed by atoms with Crippen LogP contribution in [0.2, 0.25) is 0 Å². The first kappa shape index (κ1) is 22.6. The highest BCUT2D eigenvalue weighted by atomic mass is 16.5. The number of imide groups is 1. The maximum absolute atomic E-state index is 12.8. The number of nitrogens with zero attached hydrogens (tertiary/aromatic N) is 1. The number of fused-ring (bicyclic) bond motifs is 1. The second kappa shape index (κ2) is 10.3. The van der Waals surface area contributed by atoms with E-state index in [2.05, 4.69) is 5.32 Å². The van der Waals surface area contributed by atoms with Crippen molar-refractivity contribution in [1.29, 1.82) is 0 Å². The molecule has 3 N–H and O–H groups in total. The molecule has 0 radical (unpaired) electrons. The molecule has 1 aromatic carbocycles. The van der Waals surface area contributed by atoms with E-state index >= 15 is 0 Å². The minimum atomic E-state index is -0.672. The average Bonchev–Trinajstić information content (AvgIpc) is 3.08. The maximum atomic E-state index is 12.8. The summed E-state index contributed by atoms with van der Waals surface area (Å²) < 4.78 is 0. The molecule has 0 spiro atoms. The van der Waals surface area contributed by atoms with E-state index in [1.54, 1.807) is 17.6 Å². The van der Waals surface area contributed by atoms with Crippen LogP contribution in [0.4, 0.5) is 0 Å².